The summed E-state index contributed by atoms with van der Waals surface area (Å²) in [6.45, 7) is 5.23. The molecule has 42 heavy (non-hydrogen) atoms. The minimum Gasteiger partial charge on any atom is -1.00 e. The molecule has 0 saturated heterocycles. The van der Waals surface area contributed by atoms with Crippen molar-refractivity contribution in [2.24, 2.45) is 5.11 Å². The Bertz CT molecular complexity index is 912. The monoisotopic (exact) mass is 601 g/mol. The van der Waals surface area contributed by atoms with Crippen LogP contribution in [0, 0.1) is 0 Å². The molecule has 0 aliphatic carbocycles. The number of unbranched alkanes of at least 4 members (excludes halogenated alkanes) is 12. The van der Waals surface area contributed by atoms with Crippen LogP contribution in [0.1, 0.15) is 114 Å². The maximum Gasteiger partial charge on any atom is 0.171 e. The Morgan fingerprint density at radius 1 is 0.667 bits per heavy atom. The van der Waals surface area contributed by atoms with Gasteiger partial charge in [-0.2, -0.15) is 0 Å². The average molecular weight is 602 g/mol. The molecule has 0 unspecified atom stereocenters. The summed E-state index contributed by atoms with van der Waals surface area (Å²) in [4.78, 5) is 6.95. The number of aryl methyl sites for hydroxylation is 3. The second kappa shape index (κ2) is 28.9. The zero-order valence-corrected chi connectivity index (χ0v) is 26.8. The molecule has 0 radical (unpaired) electrons. The van der Waals surface area contributed by atoms with Gasteiger partial charge in [0.05, 0.1) is 0 Å². The molecule has 0 spiro atoms. The molecule has 2 rings (SSSR count). The fourth-order valence-electron chi connectivity index (χ4n) is 5.07. The number of nitrogens with zero attached hydrogens (tertiary/aromatic N) is 5. The highest BCUT2D eigenvalue weighted by molar-refractivity contribution is 5.08. The highest BCUT2D eigenvalue weighted by atomic mass is 35.5. The number of pyridine rings is 2. The van der Waals surface area contributed by atoms with Crippen LogP contribution in [0.5, 0.6) is 0 Å². The van der Waals surface area contributed by atoms with E-state index in [0.29, 0.717) is 6.54 Å². The first-order valence-corrected chi connectivity index (χ1v) is 16.4. The van der Waals surface area contributed by atoms with Gasteiger partial charge in [-0.05, 0) is 74.6 Å². The predicted molar refractivity (Wildman–Crippen MR) is 168 cm³/mol. The molecular weight excluding hydrogens is 546 g/mol. The average Bonchev–Trinajstić information content (AvgIpc) is 3.00. The lowest BCUT2D eigenvalue weighted by Gasteiger charge is -2.05. The maximum absolute atomic E-state index is 8.26. The molecule has 8 heteroatoms. The number of aromatic nitrogens is 2. The topological polar surface area (TPSA) is 84.0 Å². The standard InChI is InChI=1S/C34H56N5O2.ClH/c35-38-37-24-11-7-3-6-10-14-28-41-30-18-22-34-20-16-26-39(32-34)25-12-8-4-1-2-5-9-13-27-40-29-17-21-33-19-15-23-36-31-33;/h15-16,19-20,23,26,31-32H,1-14,17-18,21-22,24-25,27-30H2;1H/q+1;/p-1. The fourth-order valence-corrected chi connectivity index (χ4v) is 5.07. The van der Waals surface area contributed by atoms with Crippen molar-refractivity contribution in [3.05, 3.63) is 70.6 Å². The molecular formula is C34H56ClN5O2. The third-order valence-corrected chi connectivity index (χ3v) is 7.47. The lowest BCUT2D eigenvalue weighted by Crippen LogP contribution is -3.00. The van der Waals surface area contributed by atoms with E-state index in [0.717, 1.165) is 77.9 Å². The van der Waals surface area contributed by atoms with E-state index >= 15 is 0 Å². The molecule has 0 aliphatic heterocycles. The van der Waals surface area contributed by atoms with Crippen LogP contribution in [-0.4, -0.2) is 38.0 Å². The Balaban J connectivity index is 0.00000882. The lowest BCUT2D eigenvalue weighted by atomic mass is 10.1. The maximum atomic E-state index is 8.26. The molecule has 0 bridgehead atoms. The number of ether oxygens (including phenoxy) is 2. The quantitative estimate of drug-likeness (QED) is 0.0410. The van der Waals surface area contributed by atoms with E-state index < -0.39 is 0 Å². The van der Waals surface area contributed by atoms with Gasteiger partial charge in [-0.1, -0.05) is 69.0 Å². The summed E-state index contributed by atoms with van der Waals surface area (Å²) < 4.78 is 14.0. The fraction of sp³-hybridized carbons (Fsp3) is 0.706. The van der Waals surface area contributed by atoms with Gasteiger partial charge < -0.3 is 21.9 Å². The van der Waals surface area contributed by atoms with Crippen LogP contribution < -0.4 is 17.0 Å². The van der Waals surface area contributed by atoms with Crippen LogP contribution in [0.2, 0.25) is 0 Å². The third-order valence-electron chi connectivity index (χ3n) is 7.47. The summed E-state index contributed by atoms with van der Waals surface area (Å²) in [5, 5.41) is 3.57. The lowest BCUT2D eigenvalue weighted by molar-refractivity contribution is -0.697. The van der Waals surface area contributed by atoms with E-state index in [1.807, 2.05) is 18.5 Å². The van der Waals surface area contributed by atoms with E-state index in [1.54, 1.807) is 0 Å². The minimum absolute atomic E-state index is 0. The van der Waals surface area contributed by atoms with Gasteiger partial charge in [-0.25, -0.2) is 4.57 Å². The van der Waals surface area contributed by atoms with Crippen molar-refractivity contribution >= 4 is 0 Å². The Morgan fingerprint density at radius 2 is 1.21 bits per heavy atom. The Kier molecular flexibility index (Phi) is 26.1. The first-order valence-electron chi connectivity index (χ1n) is 16.4. The van der Waals surface area contributed by atoms with Crippen molar-refractivity contribution < 1.29 is 26.4 Å². The van der Waals surface area contributed by atoms with Gasteiger partial charge in [0.25, 0.3) is 0 Å². The van der Waals surface area contributed by atoms with Crippen LogP contribution in [0.15, 0.2) is 54.2 Å². The van der Waals surface area contributed by atoms with Gasteiger partial charge in [0.1, 0.15) is 6.54 Å². The predicted octanol–water partition coefficient (Wildman–Crippen LogP) is 5.74. The first kappa shape index (κ1) is 37.8. The number of rotatable bonds is 28. The van der Waals surface area contributed by atoms with Gasteiger partial charge in [-0.15, -0.1) is 0 Å². The minimum atomic E-state index is 0. The molecule has 7 nitrogen and oxygen atoms in total. The third kappa shape index (κ3) is 22.4. The molecule has 0 aromatic carbocycles. The number of azide groups is 1. The van der Waals surface area contributed by atoms with Gasteiger partial charge in [0.2, 0.25) is 0 Å². The smallest absolute Gasteiger partial charge is 0.171 e. The number of halogens is 1. The molecule has 2 aromatic rings. The number of hydrogen-bond acceptors (Lipinski definition) is 4. The highest BCUT2D eigenvalue weighted by Crippen LogP contribution is 2.10. The van der Waals surface area contributed by atoms with Crippen molar-refractivity contribution in [2.75, 3.05) is 33.0 Å². The SMILES string of the molecule is [Cl-].[N-]=[N+]=NCCCCCCCCOCCCc1ccc[n+](CCCCCCCCCCOCCCc2cccnc2)c1. The molecule has 2 heterocycles. The molecule has 0 fully saturated rings. The molecule has 0 atom stereocenters. The number of hydrogen-bond donors (Lipinski definition) is 0. The Labute approximate surface area is 261 Å². The normalized spacial score (nSPS) is 10.8. The van der Waals surface area contributed by atoms with Gasteiger partial charge in [-0.3, -0.25) is 4.98 Å². The summed E-state index contributed by atoms with van der Waals surface area (Å²) in [6.07, 6.45) is 30.1. The van der Waals surface area contributed by atoms with Crippen LogP contribution in [-0.2, 0) is 28.9 Å². The highest BCUT2D eigenvalue weighted by Gasteiger charge is 2.04. The summed E-state index contributed by atoms with van der Waals surface area (Å²) in [6, 6.07) is 8.56. The van der Waals surface area contributed by atoms with Crippen LogP contribution in [0.3, 0.4) is 0 Å². The van der Waals surface area contributed by atoms with E-state index in [1.165, 1.54) is 81.8 Å². The van der Waals surface area contributed by atoms with Crippen molar-refractivity contribution in [3.63, 3.8) is 0 Å². The van der Waals surface area contributed by atoms with Crippen molar-refractivity contribution in [1.82, 2.24) is 4.98 Å². The largest absolute Gasteiger partial charge is 1.00 e. The van der Waals surface area contributed by atoms with Crippen LogP contribution >= 0.6 is 0 Å². The summed E-state index contributed by atoms with van der Waals surface area (Å²) in [5.74, 6) is 0. The summed E-state index contributed by atoms with van der Waals surface area (Å²) in [5.41, 5.74) is 11.0. The van der Waals surface area contributed by atoms with Gasteiger partial charge >= 0.3 is 0 Å². The summed E-state index contributed by atoms with van der Waals surface area (Å²) in [7, 11) is 0. The zero-order chi connectivity index (χ0) is 28.9. The molecule has 0 N–H and O–H groups in total. The Morgan fingerprint density at radius 3 is 1.83 bits per heavy atom. The van der Waals surface area contributed by atoms with Gasteiger partial charge in [0, 0.05) is 68.3 Å². The molecule has 0 amide bonds. The van der Waals surface area contributed by atoms with Crippen molar-refractivity contribution in [3.8, 4) is 0 Å². The van der Waals surface area contributed by atoms with Crippen molar-refractivity contribution in [2.45, 2.75) is 122 Å². The second-order valence-corrected chi connectivity index (χ2v) is 11.1. The van der Waals surface area contributed by atoms with E-state index in [-0.39, 0.29) is 12.4 Å². The van der Waals surface area contributed by atoms with E-state index in [4.69, 9.17) is 15.0 Å². The van der Waals surface area contributed by atoms with E-state index in [2.05, 4.69) is 50.2 Å². The van der Waals surface area contributed by atoms with Crippen LogP contribution in [0.25, 0.3) is 10.4 Å². The van der Waals surface area contributed by atoms with Crippen LogP contribution in [0.4, 0.5) is 0 Å². The Hall–Kier alpha value is -2.18. The second-order valence-electron chi connectivity index (χ2n) is 11.1. The van der Waals surface area contributed by atoms with Crippen molar-refractivity contribution in [1.29, 1.82) is 0 Å². The van der Waals surface area contributed by atoms with E-state index in [9.17, 15) is 0 Å². The summed E-state index contributed by atoms with van der Waals surface area (Å²) >= 11 is 0. The molecule has 236 valence electrons. The zero-order valence-electron chi connectivity index (χ0n) is 26.0. The molecule has 0 aliphatic rings. The first-order chi connectivity index (χ1) is 20.4. The molecule has 0 saturated carbocycles. The molecule has 2 aromatic heterocycles. The van der Waals surface area contributed by atoms with Gasteiger partial charge in [0.15, 0.2) is 12.4 Å².